The first-order valence-electron chi connectivity index (χ1n) is 13.5. The zero-order valence-electron chi connectivity index (χ0n) is 23.6. The van der Waals surface area contributed by atoms with Crippen molar-refractivity contribution >= 4 is 11.4 Å². The Morgan fingerprint density at radius 3 is 1.48 bits per heavy atom. The van der Waals surface area contributed by atoms with Crippen molar-refractivity contribution in [2.75, 3.05) is 51.0 Å². The van der Waals surface area contributed by atoms with Gasteiger partial charge in [0.05, 0.1) is 48.4 Å². The van der Waals surface area contributed by atoms with Gasteiger partial charge in [0.25, 0.3) is 0 Å². The minimum atomic E-state index is 0.163. The number of likely N-dealkylation sites (N-methyl/N-ethyl adjacent to an activating group) is 2. The minimum Gasteiger partial charge on any atom is -0.397 e. The van der Waals surface area contributed by atoms with Crippen molar-refractivity contribution in [3.8, 4) is 0 Å². The number of aromatic nitrogens is 2. The van der Waals surface area contributed by atoms with Crippen LogP contribution < -0.4 is 10.6 Å². The van der Waals surface area contributed by atoms with Gasteiger partial charge in [0.2, 0.25) is 0 Å². The summed E-state index contributed by atoms with van der Waals surface area (Å²) in [7, 11) is 3.93. The van der Waals surface area contributed by atoms with E-state index < -0.39 is 0 Å². The molecular weight excluding hydrogens is 500 g/mol. The molecule has 0 fully saturated rings. The van der Waals surface area contributed by atoms with Crippen LogP contribution in [-0.2, 0) is 26.2 Å². The summed E-state index contributed by atoms with van der Waals surface area (Å²) in [6.07, 6.45) is 3.59. The predicted octanol–water partition coefficient (Wildman–Crippen LogP) is 3.80. The SMILES string of the molecule is CN(CCO)Cc1ccc(N(Cc2ccccc2)Cc2ccccc2)cn1.CN(CCO)Cc1ccc(N)cn1. The lowest BCUT2D eigenvalue weighted by Gasteiger charge is -2.25. The van der Waals surface area contributed by atoms with Gasteiger partial charge in [-0.25, -0.2) is 0 Å². The lowest BCUT2D eigenvalue weighted by molar-refractivity contribution is 0.216. The predicted molar refractivity (Wildman–Crippen MR) is 162 cm³/mol. The van der Waals surface area contributed by atoms with Crippen molar-refractivity contribution in [1.82, 2.24) is 19.8 Å². The largest absolute Gasteiger partial charge is 0.397 e. The molecule has 0 saturated carbocycles. The Labute approximate surface area is 238 Å². The minimum absolute atomic E-state index is 0.163. The van der Waals surface area contributed by atoms with E-state index in [-0.39, 0.29) is 13.2 Å². The van der Waals surface area contributed by atoms with E-state index in [2.05, 4.69) is 80.4 Å². The fraction of sp³-hybridized carbons (Fsp3) is 0.312. The summed E-state index contributed by atoms with van der Waals surface area (Å²) in [5.74, 6) is 0. The van der Waals surface area contributed by atoms with E-state index in [0.29, 0.717) is 18.8 Å². The number of pyridine rings is 2. The van der Waals surface area contributed by atoms with Crippen LogP contribution in [0.3, 0.4) is 0 Å². The quantitative estimate of drug-likeness (QED) is 0.235. The molecule has 2 heterocycles. The van der Waals surface area contributed by atoms with Gasteiger partial charge in [0.15, 0.2) is 0 Å². The lowest BCUT2D eigenvalue weighted by Crippen LogP contribution is -2.23. The molecule has 0 radical (unpaired) electrons. The Morgan fingerprint density at radius 1 is 0.600 bits per heavy atom. The normalized spacial score (nSPS) is 10.8. The summed E-state index contributed by atoms with van der Waals surface area (Å²) in [5, 5.41) is 17.7. The average molecular weight is 543 g/mol. The number of rotatable bonds is 13. The third kappa shape index (κ3) is 11.1. The fourth-order valence-corrected chi connectivity index (χ4v) is 4.13. The first kappa shape index (κ1) is 30.7. The van der Waals surface area contributed by atoms with Gasteiger partial charge >= 0.3 is 0 Å². The van der Waals surface area contributed by atoms with Crippen molar-refractivity contribution in [3.63, 3.8) is 0 Å². The van der Waals surface area contributed by atoms with Crippen LogP contribution in [-0.4, -0.2) is 70.4 Å². The Morgan fingerprint density at radius 2 is 1.07 bits per heavy atom. The first-order chi connectivity index (χ1) is 19.5. The summed E-state index contributed by atoms with van der Waals surface area (Å²) >= 11 is 0. The second-order valence-corrected chi connectivity index (χ2v) is 9.84. The van der Waals surface area contributed by atoms with E-state index in [0.717, 1.165) is 43.3 Å². The number of anilines is 2. The standard InChI is InChI=1S/C23H27N3O.C9H15N3O/c1-25(14-15-27)19-22-12-13-23(16-24-22)26(17-20-8-4-2-5-9-20)18-21-10-6-3-7-11-21;1-12(4-5-13)7-9-3-2-8(10)6-11-9/h2-13,16,27H,14-15,17-19H2,1H3;2-3,6,13H,4-5,7,10H2,1H3. The van der Waals surface area contributed by atoms with Crippen molar-refractivity contribution in [2.24, 2.45) is 0 Å². The number of nitrogens with two attached hydrogens (primary N) is 1. The van der Waals surface area contributed by atoms with Crippen molar-refractivity contribution in [1.29, 1.82) is 0 Å². The van der Waals surface area contributed by atoms with Gasteiger partial charge < -0.3 is 20.8 Å². The Balaban J connectivity index is 0.000000285. The van der Waals surface area contributed by atoms with E-state index in [1.165, 1.54) is 11.1 Å². The van der Waals surface area contributed by atoms with Gasteiger partial charge in [0.1, 0.15) is 0 Å². The lowest BCUT2D eigenvalue weighted by atomic mass is 10.1. The molecule has 0 unspecified atom stereocenters. The van der Waals surface area contributed by atoms with Gasteiger partial charge in [-0.15, -0.1) is 0 Å². The Kier molecular flexibility index (Phi) is 13.0. The van der Waals surface area contributed by atoms with Crippen LogP contribution in [0.1, 0.15) is 22.5 Å². The Hall–Kier alpha value is -3.82. The summed E-state index contributed by atoms with van der Waals surface area (Å²) in [6.45, 7) is 4.78. The molecule has 0 saturated heterocycles. The maximum atomic E-state index is 9.04. The third-order valence-corrected chi connectivity index (χ3v) is 6.28. The highest BCUT2D eigenvalue weighted by atomic mass is 16.3. The number of aliphatic hydroxyl groups is 2. The van der Waals surface area contributed by atoms with E-state index in [4.69, 9.17) is 15.9 Å². The van der Waals surface area contributed by atoms with E-state index in [1.807, 2.05) is 49.5 Å². The molecule has 0 spiro atoms. The number of nitrogens with zero attached hydrogens (tertiary/aromatic N) is 5. The molecule has 0 amide bonds. The summed E-state index contributed by atoms with van der Waals surface area (Å²) in [4.78, 5) is 15.2. The molecule has 0 atom stereocenters. The van der Waals surface area contributed by atoms with Crippen LogP contribution in [0.25, 0.3) is 0 Å². The van der Waals surface area contributed by atoms with Crippen LogP contribution in [0, 0.1) is 0 Å². The number of hydrogen-bond acceptors (Lipinski definition) is 8. The van der Waals surface area contributed by atoms with Crippen LogP contribution in [0.4, 0.5) is 11.4 Å². The van der Waals surface area contributed by atoms with E-state index >= 15 is 0 Å². The molecule has 4 aromatic rings. The topological polar surface area (TPSA) is 102 Å². The van der Waals surface area contributed by atoms with Gasteiger partial charge in [-0.05, 0) is 49.5 Å². The fourth-order valence-electron chi connectivity index (χ4n) is 4.13. The molecule has 0 aliphatic rings. The van der Waals surface area contributed by atoms with Crippen LogP contribution in [0.2, 0.25) is 0 Å². The molecule has 8 nitrogen and oxygen atoms in total. The highest BCUT2D eigenvalue weighted by Crippen LogP contribution is 2.20. The highest BCUT2D eigenvalue weighted by molar-refractivity contribution is 5.46. The number of aliphatic hydroxyl groups excluding tert-OH is 2. The zero-order chi connectivity index (χ0) is 28.6. The maximum Gasteiger partial charge on any atom is 0.0559 e. The summed E-state index contributed by atoms with van der Waals surface area (Å²) < 4.78 is 0. The van der Waals surface area contributed by atoms with Crippen LogP contribution in [0.15, 0.2) is 97.3 Å². The summed E-state index contributed by atoms with van der Waals surface area (Å²) in [5.41, 5.74) is 11.8. The number of nitrogen functional groups attached to an aromatic ring is 1. The second kappa shape index (κ2) is 17.0. The molecule has 8 heteroatoms. The number of hydrogen-bond donors (Lipinski definition) is 3. The van der Waals surface area contributed by atoms with Gasteiger partial charge in [-0.2, -0.15) is 0 Å². The average Bonchev–Trinajstić information content (AvgIpc) is 2.96. The zero-order valence-corrected chi connectivity index (χ0v) is 23.6. The van der Waals surface area contributed by atoms with Crippen molar-refractivity contribution < 1.29 is 10.2 Å². The molecule has 0 bridgehead atoms. The van der Waals surface area contributed by atoms with Crippen molar-refractivity contribution in [3.05, 3.63) is 120 Å². The van der Waals surface area contributed by atoms with Gasteiger partial charge in [-0.3, -0.25) is 19.8 Å². The molecular formula is C32H42N6O2. The highest BCUT2D eigenvalue weighted by Gasteiger charge is 2.10. The monoisotopic (exact) mass is 542 g/mol. The Bertz CT molecular complexity index is 1170. The molecule has 4 rings (SSSR count). The van der Waals surface area contributed by atoms with E-state index in [1.54, 1.807) is 6.20 Å². The smallest absolute Gasteiger partial charge is 0.0559 e. The molecule has 2 aromatic heterocycles. The molecule has 0 aliphatic heterocycles. The molecule has 4 N–H and O–H groups in total. The van der Waals surface area contributed by atoms with Crippen LogP contribution >= 0.6 is 0 Å². The maximum absolute atomic E-state index is 9.04. The second-order valence-electron chi connectivity index (χ2n) is 9.84. The third-order valence-electron chi connectivity index (χ3n) is 6.28. The summed E-state index contributed by atoms with van der Waals surface area (Å²) in [6, 6.07) is 29.0. The molecule has 2 aromatic carbocycles. The number of benzene rings is 2. The molecule has 0 aliphatic carbocycles. The molecule has 212 valence electrons. The molecule has 40 heavy (non-hydrogen) atoms. The van der Waals surface area contributed by atoms with Crippen molar-refractivity contribution in [2.45, 2.75) is 26.2 Å². The van der Waals surface area contributed by atoms with E-state index in [9.17, 15) is 0 Å². The van der Waals surface area contributed by atoms with Gasteiger partial charge in [-0.1, -0.05) is 60.7 Å². The van der Waals surface area contributed by atoms with Gasteiger partial charge in [0, 0.05) is 39.3 Å². The first-order valence-corrected chi connectivity index (χ1v) is 13.5. The van der Waals surface area contributed by atoms with Crippen LogP contribution in [0.5, 0.6) is 0 Å².